The summed E-state index contributed by atoms with van der Waals surface area (Å²) in [4.78, 5) is 2.17. The van der Waals surface area contributed by atoms with Crippen molar-refractivity contribution < 1.29 is 9.84 Å². The molecule has 0 aliphatic heterocycles. The maximum absolute atomic E-state index is 9.79. The number of rotatable bonds is 6. The van der Waals surface area contributed by atoms with E-state index in [1.54, 1.807) is 7.11 Å². The van der Waals surface area contributed by atoms with Crippen molar-refractivity contribution in [1.82, 2.24) is 4.90 Å². The Kier molecular flexibility index (Phi) is 5.39. The summed E-state index contributed by atoms with van der Waals surface area (Å²) in [5.74, 6) is 0.950. The predicted molar refractivity (Wildman–Crippen MR) is 80.0 cm³/mol. The lowest BCUT2D eigenvalue weighted by molar-refractivity contribution is 0.0450. The van der Waals surface area contributed by atoms with Crippen LogP contribution < -0.4 is 4.74 Å². The molecule has 108 valence electrons. The second-order valence-electron chi connectivity index (χ2n) is 6.05. The summed E-state index contributed by atoms with van der Waals surface area (Å²) in [6.07, 6.45) is 0.989. The molecule has 0 atom stereocenters. The summed E-state index contributed by atoms with van der Waals surface area (Å²) in [6, 6.07) is 4.30. The quantitative estimate of drug-likeness (QED) is 0.858. The number of aryl methyl sites for hydroxylation is 2. The molecule has 0 radical (unpaired) electrons. The molecule has 3 heteroatoms. The van der Waals surface area contributed by atoms with Crippen molar-refractivity contribution in [2.45, 2.75) is 39.7 Å². The summed E-state index contributed by atoms with van der Waals surface area (Å²) in [6.45, 7) is 9.49. The van der Waals surface area contributed by atoms with Gasteiger partial charge in [0.25, 0.3) is 0 Å². The number of ether oxygens (including phenoxy) is 1. The Morgan fingerprint density at radius 1 is 1.21 bits per heavy atom. The van der Waals surface area contributed by atoms with E-state index in [2.05, 4.69) is 30.9 Å². The smallest absolute Gasteiger partial charge is 0.122 e. The van der Waals surface area contributed by atoms with Crippen LogP contribution in [0.5, 0.6) is 5.75 Å². The van der Waals surface area contributed by atoms with E-state index in [1.807, 2.05) is 20.9 Å². The molecule has 0 spiro atoms. The zero-order valence-electron chi connectivity index (χ0n) is 13.1. The Morgan fingerprint density at radius 3 is 2.37 bits per heavy atom. The summed E-state index contributed by atoms with van der Waals surface area (Å²) < 4.78 is 5.33. The van der Waals surface area contributed by atoms with E-state index < -0.39 is 5.60 Å². The van der Waals surface area contributed by atoms with Crippen molar-refractivity contribution in [1.29, 1.82) is 0 Å². The molecule has 0 heterocycles. The summed E-state index contributed by atoms with van der Waals surface area (Å²) >= 11 is 0. The van der Waals surface area contributed by atoms with Gasteiger partial charge in [-0.05, 0) is 63.9 Å². The molecular formula is C16H27NO2. The van der Waals surface area contributed by atoms with Gasteiger partial charge in [-0.25, -0.2) is 0 Å². The lowest BCUT2D eigenvalue weighted by Crippen LogP contribution is -2.37. The van der Waals surface area contributed by atoms with Gasteiger partial charge < -0.3 is 14.7 Å². The molecule has 0 bridgehead atoms. The highest BCUT2D eigenvalue weighted by Gasteiger charge is 2.15. The van der Waals surface area contributed by atoms with Gasteiger partial charge in [-0.1, -0.05) is 6.07 Å². The molecule has 0 aromatic heterocycles. The van der Waals surface area contributed by atoms with Gasteiger partial charge in [0.1, 0.15) is 5.75 Å². The maximum atomic E-state index is 9.79. The third kappa shape index (κ3) is 5.21. The number of hydrogen-bond acceptors (Lipinski definition) is 3. The molecule has 0 fully saturated rings. The minimum Gasteiger partial charge on any atom is -0.496 e. The highest BCUT2D eigenvalue weighted by Crippen LogP contribution is 2.23. The SMILES string of the molecule is COc1cc(C)c(CCN(C)CC(C)(C)O)cc1C. The molecule has 0 aliphatic rings. The van der Waals surface area contributed by atoms with Crippen LogP contribution in [-0.4, -0.2) is 42.9 Å². The maximum Gasteiger partial charge on any atom is 0.122 e. The molecular weight excluding hydrogens is 238 g/mol. The molecule has 0 amide bonds. The topological polar surface area (TPSA) is 32.7 Å². The van der Waals surface area contributed by atoms with Crippen LogP contribution in [0.2, 0.25) is 0 Å². The lowest BCUT2D eigenvalue weighted by Gasteiger charge is -2.25. The first kappa shape index (κ1) is 16.0. The Bertz CT molecular complexity index is 421. The molecule has 0 saturated carbocycles. The van der Waals surface area contributed by atoms with Crippen LogP contribution in [0.25, 0.3) is 0 Å². The highest BCUT2D eigenvalue weighted by molar-refractivity contribution is 5.41. The lowest BCUT2D eigenvalue weighted by atomic mass is 10.0. The van der Waals surface area contributed by atoms with E-state index in [9.17, 15) is 5.11 Å². The number of hydrogen-bond donors (Lipinski definition) is 1. The van der Waals surface area contributed by atoms with Crippen molar-refractivity contribution in [2.75, 3.05) is 27.2 Å². The van der Waals surface area contributed by atoms with Crippen LogP contribution in [-0.2, 0) is 6.42 Å². The fraction of sp³-hybridized carbons (Fsp3) is 0.625. The molecule has 19 heavy (non-hydrogen) atoms. The first-order valence-corrected chi connectivity index (χ1v) is 6.78. The molecule has 0 aliphatic carbocycles. The van der Waals surface area contributed by atoms with Gasteiger partial charge in [0.05, 0.1) is 12.7 Å². The number of aliphatic hydroxyl groups is 1. The fourth-order valence-corrected chi connectivity index (χ4v) is 2.39. The van der Waals surface area contributed by atoms with Crippen molar-refractivity contribution in [3.63, 3.8) is 0 Å². The first-order valence-electron chi connectivity index (χ1n) is 6.78. The standard InChI is InChI=1S/C16H27NO2/c1-12-10-15(19-6)13(2)9-14(12)7-8-17(5)11-16(3,4)18/h9-10,18H,7-8,11H2,1-6H3. The van der Waals surface area contributed by atoms with E-state index in [-0.39, 0.29) is 0 Å². The summed E-state index contributed by atoms with van der Waals surface area (Å²) in [5, 5.41) is 9.79. The zero-order chi connectivity index (χ0) is 14.6. The van der Waals surface area contributed by atoms with Gasteiger partial charge >= 0.3 is 0 Å². The van der Waals surface area contributed by atoms with Gasteiger partial charge in [-0.3, -0.25) is 0 Å². The van der Waals surface area contributed by atoms with Crippen molar-refractivity contribution in [3.8, 4) is 5.75 Å². The molecule has 1 aromatic rings. The van der Waals surface area contributed by atoms with Crippen molar-refractivity contribution in [2.24, 2.45) is 0 Å². The van der Waals surface area contributed by atoms with Crippen molar-refractivity contribution >= 4 is 0 Å². The number of likely N-dealkylation sites (N-methyl/N-ethyl adjacent to an activating group) is 1. The molecule has 1 aromatic carbocycles. The Balaban J connectivity index is 2.66. The van der Waals surface area contributed by atoms with Gasteiger partial charge in [0.15, 0.2) is 0 Å². The van der Waals surface area contributed by atoms with Gasteiger partial charge in [0, 0.05) is 13.1 Å². The molecule has 0 unspecified atom stereocenters. The minimum atomic E-state index is -0.639. The Morgan fingerprint density at radius 2 is 1.84 bits per heavy atom. The molecule has 1 rings (SSSR count). The minimum absolute atomic E-state index is 0.639. The third-order valence-electron chi connectivity index (χ3n) is 3.27. The van der Waals surface area contributed by atoms with E-state index in [1.165, 1.54) is 16.7 Å². The van der Waals surface area contributed by atoms with Gasteiger partial charge in [-0.15, -0.1) is 0 Å². The Hall–Kier alpha value is -1.06. The van der Waals surface area contributed by atoms with Crippen LogP contribution in [0, 0.1) is 13.8 Å². The Labute approximate surface area is 117 Å². The molecule has 0 saturated heterocycles. The predicted octanol–water partition coefficient (Wildman–Crippen LogP) is 2.56. The van der Waals surface area contributed by atoms with Crippen LogP contribution in [0.3, 0.4) is 0 Å². The van der Waals surface area contributed by atoms with E-state index >= 15 is 0 Å². The number of methoxy groups -OCH3 is 1. The van der Waals surface area contributed by atoms with Crippen LogP contribution in [0.1, 0.15) is 30.5 Å². The van der Waals surface area contributed by atoms with Crippen LogP contribution >= 0.6 is 0 Å². The summed E-state index contributed by atoms with van der Waals surface area (Å²) in [5.41, 5.74) is 3.15. The van der Waals surface area contributed by atoms with E-state index in [0.29, 0.717) is 6.54 Å². The highest BCUT2D eigenvalue weighted by atomic mass is 16.5. The monoisotopic (exact) mass is 265 g/mol. The fourth-order valence-electron chi connectivity index (χ4n) is 2.39. The number of benzene rings is 1. The molecule has 1 N–H and O–H groups in total. The van der Waals surface area contributed by atoms with Gasteiger partial charge in [-0.2, -0.15) is 0 Å². The third-order valence-corrected chi connectivity index (χ3v) is 3.27. The van der Waals surface area contributed by atoms with Gasteiger partial charge in [0.2, 0.25) is 0 Å². The van der Waals surface area contributed by atoms with E-state index in [4.69, 9.17) is 4.74 Å². The first-order chi connectivity index (χ1) is 8.73. The average molecular weight is 265 g/mol. The second-order valence-corrected chi connectivity index (χ2v) is 6.05. The zero-order valence-corrected chi connectivity index (χ0v) is 13.1. The average Bonchev–Trinajstić information content (AvgIpc) is 2.27. The number of nitrogens with zero attached hydrogens (tertiary/aromatic N) is 1. The molecule has 3 nitrogen and oxygen atoms in total. The summed E-state index contributed by atoms with van der Waals surface area (Å²) in [7, 11) is 3.75. The van der Waals surface area contributed by atoms with Crippen molar-refractivity contribution in [3.05, 3.63) is 28.8 Å². The van der Waals surface area contributed by atoms with Crippen LogP contribution in [0.15, 0.2) is 12.1 Å². The normalized spacial score (nSPS) is 12.0. The van der Waals surface area contributed by atoms with E-state index in [0.717, 1.165) is 18.7 Å². The second kappa shape index (κ2) is 6.40. The van der Waals surface area contributed by atoms with Crippen LogP contribution in [0.4, 0.5) is 0 Å². The largest absolute Gasteiger partial charge is 0.496 e.